The molecule has 1 aromatic heterocycles. The highest BCUT2D eigenvalue weighted by atomic mass is 16.2. The molecule has 0 radical (unpaired) electrons. The van der Waals surface area contributed by atoms with E-state index in [2.05, 4.69) is 16.4 Å². The van der Waals surface area contributed by atoms with Gasteiger partial charge in [-0.25, -0.2) is 0 Å². The van der Waals surface area contributed by atoms with Crippen molar-refractivity contribution in [3.05, 3.63) is 59.4 Å². The van der Waals surface area contributed by atoms with Gasteiger partial charge in [-0.05, 0) is 23.3 Å². The van der Waals surface area contributed by atoms with Crippen molar-refractivity contribution < 1.29 is 4.79 Å². The van der Waals surface area contributed by atoms with Gasteiger partial charge in [0.1, 0.15) is 5.69 Å². The largest absolute Gasteiger partial charge is 0.381 e. The molecule has 0 aliphatic heterocycles. The molecular weight excluding hydrogens is 264 g/mol. The lowest BCUT2D eigenvalue weighted by Gasteiger charge is -2.11. The number of aromatic nitrogens is 1. The average Bonchev–Trinajstić information content (AvgIpc) is 2.52. The van der Waals surface area contributed by atoms with Gasteiger partial charge in [0.05, 0.1) is 0 Å². The minimum Gasteiger partial charge on any atom is -0.381 e. The van der Waals surface area contributed by atoms with Gasteiger partial charge in [0.25, 0.3) is 5.91 Å². The predicted molar refractivity (Wildman–Crippen MR) is 83.9 cm³/mol. The van der Waals surface area contributed by atoms with Crippen LogP contribution in [0.2, 0.25) is 0 Å². The lowest BCUT2D eigenvalue weighted by atomic mass is 10.1. The first-order chi connectivity index (χ1) is 10.1. The molecule has 1 amide bonds. The first-order valence-electron chi connectivity index (χ1n) is 6.79. The number of nitrogens with one attached hydrogen (secondary N) is 1. The van der Waals surface area contributed by atoms with Crippen molar-refractivity contribution in [2.24, 2.45) is 5.73 Å². The van der Waals surface area contributed by atoms with Crippen LogP contribution in [0.1, 0.15) is 21.6 Å². The van der Waals surface area contributed by atoms with E-state index in [0.29, 0.717) is 18.8 Å². The van der Waals surface area contributed by atoms with E-state index in [1.165, 1.54) is 4.90 Å². The minimum absolute atomic E-state index is 0.108. The van der Waals surface area contributed by atoms with E-state index >= 15 is 0 Å². The summed E-state index contributed by atoms with van der Waals surface area (Å²) in [6.45, 7) is 1.21. The van der Waals surface area contributed by atoms with Gasteiger partial charge < -0.3 is 16.0 Å². The van der Waals surface area contributed by atoms with E-state index in [9.17, 15) is 4.79 Å². The average molecular weight is 284 g/mol. The fraction of sp³-hybridized carbons (Fsp3) is 0.250. The van der Waals surface area contributed by atoms with Gasteiger partial charge >= 0.3 is 0 Å². The maximum Gasteiger partial charge on any atom is 0.272 e. The summed E-state index contributed by atoms with van der Waals surface area (Å²) >= 11 is 0. The molecule has 0 aliphatic rings. The fourth-order valence-corrected chi connectivity index (χ4v) is 1.96. The van der Waals surface area contributed by atoms with Crippen LogP contribution in [0.5, 0.6) is 0 Å². The van der Waals surface area contributed by atoms with Crippen molar-refractivity contribution in [2.45, 2.75) is 13.1 Å². The molecule has 0 unspecified atom stereocenters. The van der Waals surface area contributed by atoms with Crippen LogP contribution in [0.3, 0.4) is 0 Å². The number of rotatable bonds is 5. The van der Waals surface area contributed by atoms with E-state index in [4.69, 9.17) is 5.73 Å². The van der Waals surface area contributed by atoms with Crippen LogP contribution in [0, 0.1) is 0 Å². The molecule has 0 spiro atoms. The summed E-state index contributed by atoms with van der Waals surface area (Å²) in [7, 11) is 3.42. The smallest absolute Gasteiger partial charge is 0.272 e. The molecule has 0 saturated carbocycles. The monoisotopic (exact) mass is 284 g/mol. The van der Waals surface area contributed by atoms with Crippen molar-refractivity contribution >= 4 is 11.6 Å². The molecule has 5 heteroatoms. The summed E-state index contributed by atoms with van der Waals surface area (Å²) in [4.78, 5) is 17.5. The molecule has 1 heterocycles. The first kappa shape index (κ1) is 15.0. The highest BCUT2D eigenvalue weighted by Gasteiger charge is 2.09. The van der Waals surface area contributed by atoms with Gasteiger partial charge in [-0.1, -0.05) is 24.3 Å². The molecule has 0 bridgehead atoms. The molecule has 110 valence electrons. The van der Waals surface area contributed by atoms with Crippen LogP contribution in [-0.2, 0) is 13.1 Å². The van der Waals surface area contributed by atoms with Crippen molar-refractivity contribution in [3.63, 3.8) is 0 Å². The number of carbonyl (C=O) groups is 1. The zero-order valence-electron chi connectivity index (χ0n) is 12.3. The predicted octanol–water partition coefficient (Wildman–Crippen LogP) is 1.85. The summed E-state index contributed by atoms with van der Waals surface area (Å²) in [5.74, 6) is -0.108. The Morgan fingerprint density at radius 1 is 1.24 bits per heavy atom. The quantitative estimate of drug-likeness (QED) is 0.879. The maximum absolute atomic E-state index is 11.9. The normalized spacial score (nSPS) is 10.2. The molecule has 0 saturated heterocycles. The molecule has 0 atom stereocenters. The van der Waals surface area contributed by atoms with E-state index in [-0.39, 0.29) is 5.91 Å². The van der Waals surface area contributed by atoms with Gasteiger partial charge in [0.15, 0.2) is 0 Å². The van der Waals surface area contributed by atoms with Gasteiger partial charge in [-0.15, -0.1) is 0 Å². The summed E-state index contributed by atoms with van der Waals surface area (Å²) < 4.78 is 0. The standard InChI is InChI=1S/C16H20N4O/c1-20(2)16(21)15-9-14(6-7-18-15)19-11-13-5-3-4-12(8-13)10-17/h3-9H,10-11,17H2,1-2H3,(H,18,19). The molecule has 0 fully saturated rings. The fourth-order valence-electron chi connectivity index (χ4n) is 1.96. The number of carbonyl (C=O) groups excluding carboxylic acids is 1. The number of hydrogen-bond acceptors (Lipinski definition) is 4. The Balaban J connectivity index is 2.06. The Morgan fingerprint density at radius 2 is 2.00 bits per heavy atom. The molecule has 2 aromatic rings. The van der Waals surface area contributed by atoms with Gasteiger partial charge in [-0.3, -0.25) is 9.78 Å². The van der Waals surface area contributed by atoms with E-state index < -0.39 is 0 Å². The highest BCUT2D eigenvalue weighted by Crippen LogP contribution is 2.12. The van der Waals surface area contributed by atoms with Gasteiger partial charge in [0.2, 0.25) is 0 Å². The molecule has 5 nitrogen and oxygen atoms in total. The van der Waals surface area contributed by atoms with Crippen molar-refractivity contribution in [3.8, 4) is 0 Å². The first-order valence-corrected chi connectivity index (χ1v) is 6.79. The molecule has 21 heavy (non-hydrogen) atoms. The maximum atomic E-state index is 11.9. The summed E-state index contributed by atoms with van der Waals surface area (Å²) in [6, 6.07) is 11.7. The van der Waals surface area contributed by atoms with Gasteiger partial charge in [-0.2, -0.15) is 0 Å². The summed E-state index contributed by atoms with van der Waals surface area (Å²) in [5, 5.41) is 3.29. The zero-order chi connectivity index (χ0) is 15.2. The summed E-state index contributed by atoms with van der Waals surface area (Å²) in [5.41, 5.74) is 9.19. The SMILES string of the molecule is CN(C)C(=O)c1cc(NCc2cccc(CN)c2)ccn1. The molecule has 2 rings (SSSR count). The van der Waals surface area contributed by atoms with Crippen LogP contribution in [0.25, 0.3) is 0 Å². The Labute approximate surface area is 124 Å². The van der Waals surface area contributed by atoms with E-state index in [0.717, 1.165) is 16.8 Å². The second kappa shape index (κ2) is 6.85. The van der Waals surface area contributed by atoms with Crippen LogP contribution < -0.4 is 11.1 Å². The third-order valence-corrected chi connectivity index (χ3v) is 3.11. The van der Waals surface area contributed by atoms with Crippen molar-refractivity contribution in [1.82, 2.24) is 9.88 Å². The third kappa shape index (κ3) is 4.03. The molecule has 3 N–H and O–H groups in total. The highest BCUT2D eigenvalue weighted by molar-refractivity contribution is 5.92. The van der Waals surface area contributed by atoms with Crippen molar-refractivity contribution in [2.75, 3.05) is 19.4 Å². The number of amides is 1. The minimum atomic E-state index is -0.108. The molecule has 0 aliphatic carbocycles. The van der Waals surface area contributed by atoms with Crippen LogP contribution in [-0.4, -0.2) is 29.9 Å². The number of nitrogens with two attached hydrogens (primary N) is 1. The topological polar surface area (TPSA) is 71.2 Å². The number of hydrogen-bond donors (Lipinski definition) is 2. The number of benzene rings is 1. The lowest BCUT2D eigenvalue weighted by molar-refractivity contribution is 0.0822. The Bertz CT molecular complexity index is 625. The van der Waals surface area contributed by atoms with Crippen LogP contribution >= 0.6 is 0 Å². The number of nitrogens with zero attached hydrogens (tertiary/aromatic N) is 2. The second-order valence-electron chi connectivity index (χ2n) is 5.01. The Kier molecular flexibility index (Phi) is 4.90. The van der Waals surface area contributed by atoms with E-state index in [1.807, 2.05) is 24.3 Å². The molecule has 1 aromatic carbocycles. The number of pyridine rings is 1. The van der Waals surface area contributed by atoms with Crippen LogP contribution in [0.15, 0.2) is 42.6 Å². The Hall–Kier alpha value is -2.40. The lowest BCUT2D eigenvalue weighted by Crippen LogP contribution is -2.22. The van der Waals surface area contributed by atoms with Crippen LogP contribution in [0.4, 0.5) is 5.69 Å². The van der Waals surface area contributed by atoms with E-state index in [1.54, 1.807) is 26.4 Å². The van der Waals surface area contributed by atoms with Crippen molar-refractivity contribution in [1.29, 1.82) is 0 Å². The number of anilines is 1. The third-order valence-electron chi connectivity index (χ3n) is 3.11. The second-order valence-corrected chi connectivity index (χ2v) is 5.01. The zero-order valence-corrected chi connectivity index (χ0v) is 12.3. The molecular formula is C16H20N4O. The van der Waals surface area contributed by atoms with Gasteiger partial charge in [0, 0.05) is 39.1 Å². The Morgan fingerprint density at radius 3 is 2.71 bits per heavy atom. The summed E-state index contributed by atoms with van der Waals surface area (Å²) in [6.07, 6.45) is 1.63.